The molecule has 4 aromatic rings. The number of sulfone groups is 1. The normalized spacial score (nSPS) is 11.5. The molecule has 2 aromatic carbocycles. The van der Waals surface area contributed by atoms with Gasteiger partial charge in [0.2, 0.25) is 9.84 Å². The highest BCUT2D eigenvalue weighted by Crippen LogP contribution is 2.27. The number of fused-ring (bicyclic) bond motifs is 1. The summed E-state index contributed by atoms with van der Waals surface area (Å²) < 4.78 is 37.3. The molecule has 2 aromatic heterocycles. The topological polar surface area (TPSA) is 98.5 Å². The molecule has 0 saturated heterocycles. The number of aryl methyl sites for hydroxylation is 1. The third-order valence-corrected chi connectivity index (χ3v) is 7.07. The van der Waals surface area contributed by atoms with Gasteiger partial charge in [-0.25, -0.2) is 8.42 Å². The minimum Gasteiger partial charge on any atom is -0.494 e. The first-order valence-electron chi connectivity index (χ1n) is 10.6. The summed E-state index contributed by atoms with van der Waals surface area (Å²) in [6, 6.07) is 14.9. The van der Waals surface area contributed by atoms with Crippen molar-refractivity contribution in [3.63, 3.8) is 0 Å². The molecule has 1 amide bonds. The number of benzene rings is 2. The van der Waals surface area contributed by atoms with Crippen LogP contribution < -0.4 is 10.1 Å². The molecule has 8 heteroatoms. The van der Waals surface area contributed by atoms with Crippen LogP contribution in [0.4, 0.5) is 0 Å². The van der Waals surface area contributed by atoms with Gasteiger partial charge in [0.15, 0.2) is 11.3 Å². The lowest BCUT2D eigenvalue weighted by Crippen LogP contribution is -2.22. The Bertz CT molecular complexity index is 1360. The number of pyridine rings is 1. The van der Waals surface area contributed by atoms with Gasteiger partial charge in [0.05, 0.1) is 22.6 Å². The third-order valence-electron chi connectivity index (χ3n) is 5.14. The number of rotatable bonds is 8. The highest BCUT2D eigenvalue weighted by molar-refractivity contribution is 7.91. The van der Waals surface area contributed by atoms with Crippen molar-refractivity contribution in [2.75, 3.05) is 6.61 Å². The van der Waals surface area contributed by atoms with Crippen molar-refractivity contribution in [1.29, 1.82) is 0 Å². The Hall–Kier alpha value is -3.65. The second kappa shape index (κ2) is 9.46. The lowest BCUT2D eigenvalue weighted by molar-refractivity contribution is 0.0925. The van der Waals surface area contributed by atoms with Gasteiger partial charge in [0, 0.05) is 18.1 Å². The minimum absolute atomic E-state index is 0.188. The predicted molar refractivity (Wildman–Crippen MR) is 124 cm³/mol. The van der Waals surface area contributed by atoms with E-state index in [9.17, 15) is 13.2 Å². The standard InChI is InChI=1S/C25H24N2O5S/c1-3-12-31-20-6-9-24(17(2)13-20)33(29,30)21-7-4-18(5-8-21)15-27-25(28)22-14-19-10-11-26-16-23(19)32-22/h4-11,13-14,16H,3,12,15H2,1-2H3,(H,27,28). The summed E-state index contributed by atoms with van der Waals surface area (Å²) in [7, 11) is -3.68. The number of aromatic nitrogens is 1. The summed E-state index contributed by atoms with van der Waals surface area (Å²) in [4.78, 5) is 16.8. The smallest absolute Gasteiger partial charge is 0.287 e. The monoisotopic (exact) mass is 464 g/mol. The van der Waals surface area contributed by atoms with E-state index in [0.717, 1.165) is 17.4 Å². The van der Waals surface area contributed by atoms with Crippen molar-refractivity contribution in [2.24, 2.45) is 0 Å². The van der Waals surface area contributed by atoms with Crippen LogP contribution in [0.2, 0.25) is 0 Å². The molecule has 0 spiro atoms. The number of carbonyl (C=O) groups is 1. The highest BCUT2D eigenvalue weighted by Gasteiger charge is 2.20. The molecule has 2 heterocycles. The fraction of sp³-hybridized carbons (Fsp3) is 0.200. The first-order valence-corrected chi connectivity index (χ1v) is 12.1. The van der Waals surface area contributed by atoms with Gasteiger partial charge < -0.3 is 14.5 Å². The van der Waals surface area contributed by atoms with Crippen LogP contribution in [0.5, 0.6) is 5.75 Å². The summed E-state index contributed by atoms with van der Waals surface area (Å²) in [5, 5.41) is 3.58. The van der Waals surface area contributed by atoms with E-state index in [1.54, 1.807) is 73.9 Å². The maximum absolute atomic E-state index is 13.1. The molecule has 0 bridgehead atoms. The van der Waals surface area contributed by atoms with Crippen LogP contribution in [0.15, 0.2) is 81.2 Å². The van der Waals surface area contributed by atoms with Crippen LogP contribution in [0, 0.1) is 6.92 Å². The van der Waals surface area contributed by atoms with E-state index in [0.29, 0.717) is 23.5 Å². The number of carbonyl (C=O) groups excluding carboxylic acids is 1. The van der Waals surface area contributed by atoms with E-state index in [4.69, 9.17) is 9.15 Å². The zero-order valence-electron chi connectivity index (χ0n) is 18.4. The fourth-order valence-electron chi connectivity index (χ4n) is 3.41. The van der Waals surface area contributed by atoms with Gasteiger partial charge in [0.1, 0.15) is 5.75 Å². The Morgan fingerprint density at radius 2 is 1.88 bits per heavy atom. The molecule has 0 fully saturated rings. The molecular formula is C25H24N2O5S. The van der Waals surface area contributed by atoms with Crippen molar-refractivity contribution < 1.29 is 22.4 Å². The molecule has 0 radical (unpaired) electrons. The Kier molecular flexibility index (Phi) is 6.46. The summed E-state index contributed by atoms with van der Waals surface area (Å²) in [5.74, 6) is 0.489. The van der Waals surface area contributed by atoms with Crippen LogP contribution in [0.3, 0.4) is 0 Å². The van der Waals surface area contributed by atoms with Crippen molar-refractivity contribution in [2.45, 2.75) is 36.6 Å². The van der Waals surface area contributed by atoms with Gasteiger partial charge in [-0.1, -0.05) is 19.1 Å². The molecule has 7 nitrogen and oxygen atoms in total. The number of hydrogen-bond donors (Lipinski definition) is 1. The molecule has 0 aliphatic rings. The Balaban J connectivity index is 1.44. The second-order valence-electron chi connectivity index (χ2n) is 7.63. The maximum atomic E-state index is 13.1. The fourth-order valence-corrected chi connectivity index (χ4v) is 4.89. The van der Waals surface area contributed by atoms with E-state index in [1.165, 1.54) is 0 Å². The lowest BCUT2D eigenvalue weighted by Gasteiger charge is -2.11. The first kappa shape index (κ1) is 22.5. The second-order valence-corrected chi connectivity index (χ2v) is 9.55. The van der Waals surface area contributed by atoms with Gasteiger partial charge in [-0.15, -0.1) is 0 Å². The lowest BCUT2D eigenvalue weighted by atomic mass is 10.2. The average Bonchev–Trinajstić information content (AvgIpc) is 3.26. The predicted octanol–water partition coefficient (Wildman–Crippen LogP) is 4.69. The van der Waals surface area contributed by atoms with Gasteiger partial charge in [-0.05, 0) is 66.9 Å². The zero-order chi connectivity index (χ0) is 23.4. The number of nitrogens with one attached hydrogen (secondary N) is 1. The van der Waals surface area contributed by atoms with Gasteiger partial charge >= 0.3 is 0 Å². The Morgan fingerprint density at radius 1 is 1.09 bits per heavy atom. The van der Waals surface area contributed by atoms with E-state index < -0.39 is 9.84 Å². The molecule has 1 N–H and O–H groups in total. The maximum Gasteiger partial charge on any atom is 0.287 e. The first-order chi connectivity index (χ1) is 15.9. The minimum atomic E-state index is -3.68. The molecule has 0 aliphatic heterocycles. The molecule has 0 saturated carbocycles. The number of ether oxygens (including phenoxy) is 1. The molecule has 0 atom stereocenters. The van der Waals surface area contributed by atoms with E-state index in [1.807, 2.05) is 6.92 Å². The highest BCUT2D eigenvalue weighted by atomic mass is 32.2. The molecular weight excluding hydrogens is 440 g/mol. The van der Waals surface area contributed by atoms with Gasteiger partial charge in [-0.2, -0.15) is 0 Å². The van der Waals surface area contributed by atoms with Crippen LogP contribution in [-0.4, -0.2) is 25.9 Å². The van der Waals surface area contributed by atoms with Crippen LogP contribution in [0.25, 0.3) is 11.0 Å². The van der Waals surface area contributed by atoms with E-state index in [-0.39, 0.29) is 28.0 Å². The van der Waals surface area contributed by atoms with Crippen molar-refractivity contribution in [3.05, 3.63) is 83.9 Å². The average molecular weight is 465 g/mol. The summed E-state index contributed by atoms with van der Waals surface area (Å²) in [6.07, 6.45) is 4.06. The van der Waals surface area contributed by atoms with Crippen LogP contribution >= 0.6 is 0 Å². The van der Waals surface area contributed by atoms with Gasteiger partial charge in [0.25, 0.3) is 5.91 Å². The zero-order valence-corrected chi connectivity index (χ0v) is 19.2. The summed E-state index contributed by atoms with van der Waals surface area (Å²) in [6.45, 7) is 4.58. The van der Waals surface area contributed by atoms with Crippen molar-refractivity contribution in [3.8, 4) is 5.75 Å². The number of hydrogen-bond acceptors (Lipinski definition) is 6. The largest absolute Gasteiger partial charge is 0.494 e. The SMILES string of the molecule is CCCOc1ccc(S(=O)(=O)c2ccc(CNC(=O)c3cc4ccncc4o3)cc2)c(C)c1. The van der Waals surface area contributed by atoms with Gasteiger partial charge in [-0.3, -0.25) is 9.78 Å². The van der Waals surface area contributed by atoms with Crippen molar-refractivity contribution >= 4 is 26.7 Å². The number of amides is 1. The molecule has 4 rings (SSSR count). The Labute approximate surface area is 192 Å². The third kappa shape index (κ3) is 4.90. The quantitative estimate of drug-likeness (QED) is 0.406. The molecule has 0 aliphatic carbocycles. The summed E-state index contributed by atoms with van der Waals surface area (Å²) in [5.41, 5.74) is 1.93. The molecule has 33 heavy (non-hydrogen) atoms. The number of furan rings is 1. The van der Waals surface area contributed by atoms with E-state index in [2.05, 4.69) is 10.3 Å². The molecule has 0 unspecified atom stereocenters. The summed E-state index contributed by atoms with van der Waals surface area (Å²) >= 11 is 0. The van der Waals surface area contributed by atoms with Crippen molar-refractivity contribution in [1.82, 2.24) is 10.3 Å². The molecule has 170 valence electrons. The van der Waals surface area contributed by atoms with Crippen LogP contribution in [0.1, 0.15) is 35.0 Å². The Morgan fingerprint density at radius 3 is 2.58 bits per heavy atom. The number of nitrogens with zero attached hydrogens (tertiary/aromatic N) is 1. The van der Waals surface area contributed by atoms with E-state index >= 15 is 0 Å². The van der Waals surface area contributed by atoms with Crippen LogP contribution in [-0.2, 0) is 16.4 Å².